The zero-order valence-corrected chi connectivity index (χ0v) is 11.1. The van der Waals surface area contributed by atoms with Crippen LogP contribution in [0, 0.1) is 0 Å². The van der Waals surface area contributed by atoms with Crippen LogP contribution < -0.4 is 4.74 Å². The Morgan fingerprint density at radius 1 is 1.00 bits per heavy atom. The van der Waals surface area contributed by atoms with Crippen LogP contribution in [0.25, 0.3) is 11.1 Å². The first-order valence-corrected chi connectivity index (χ1v) is 5.90. The first-order chi connectivity index (χ1) is 8.11. The van der Waals surface area contributed by atoms with Crippen LogP contribution in [0.5, 0.6) is 5.88 Å². The van der Waals surface area contributed by atoms with E-state index in [0.717, 1.165) is 11.1 Å². The van der Waals surface area contributed by atoms with E-state index in [1.54, 1.807) is 25.3 Å². The summed E-state index contributed by atoms with van der Waals surface area (Å²) in [7, 11) is 1.55. The van der Waals surface area contributed by atoms with Gasteiger partial charge < -0.3 is 4.74 Å². The maximum absolute atomic E-state index is 6.13. The van der Waals surface area contributed by atoms with Crippen molar-refractivity contribution in [1.82, 2.24) is 4.98 Å². The smallest absolute Gasteiger partial charge is 0.213 e. The minimum absolute atomic E-state index is 0.482. The number of hydrogen-bond donors (Lipinski definition) is 0. The number of nitrogens with zero attached hydrogens (tertiary/aromatic N) is 1. The molecule has 0 fully saturated rings. The van der Waals surface area contributed by atoms with Gasteiger partial charge >= 0.3 is 0 Å². The Balaban J connectivity index is 2.59. The highest BCUT2D eigenvalue weighted by atomic mass is 35.5. The molecule has 0 saturated heterocycles. The fourth-order valence-corrected chi connectivity index (χ4v) is 2.16. The molecule has 2 nitrogen and oxygen atoms in total. The lowest BCUT2D eigenvalue weighted by molar-refractivity contribution is 0.398. The van der Waals surface area contributed by atoms with Gasteiger partial charge in [0.05, 0.1) is 18.3 Å². The standard InChI is InChI=1S/C12H8Cl3NO/c1-17-12-5-9(11(15)6-16-12)8-3-2-7(13)4-10(8)14/h2-6H,1H3. The van der Waals surface area contributed by atoms with Crippen molar-refractivity contribution >= 4 is 34.8 Å². The number of methoxy groups -OCH3 is 1. The van der Waals surface area contributed by atoms with Gasteiger partial charge in [-0.25, -0.2) is 4.98 Å². The molecule has 0 unspecified atom stereocenters. The maximum Gasteiger partial charge on any atom is 0.213 e. The Morgan fingerprint density at radius 2 is 1.76 bits per heavy atom. The minimum Gasteiger partial charge on any atom is -0.481 e. The summed E-state index contributed by atoms with van der Waals surface area (Å²) in [6.45, 7) is 0. The monoisotopic (exact) mass is 287 g/mol. The van der Waals surface area contributed by atoms with Gasteiger partial charge in [0.2, 0.25) is 5.88 Å². The van der Waals surface area contributed by atoms with Crippen LogP contribution in [0.1, 0.15) is 0 Å². The van der Waals surface area contributed by atoms with Crippen LogP contribution in [-0.4, -0.2) is 12.1 Å². The summed E-state index contributed by atoms with van der Waals surface area (Å²) in [5, 5.41) is 1.62. The lowest BCUT2D eigenvalue weighted by Crippen LogP contribution is -1.89. The molecular weight excluding hydrogens is 280 g/mol. The molecule has 0 radical (unpaired) electrons. The Morgan fingerprint density at radius 3 is 2.41 bits per heavy atom. The predicted molar refractivity (Wildman–Crippen MR) is 71.3 cm³/mol. The molecule has 0 amide bonds. The van der Waals surface area contributed by atoms with Crippen LogP contribution in [0.4, 0.5) is 0 Å². The lowest BCUT2D eigenvalue weighted by Gasteiger charge is -2.08. The second kappa shape index (κ2) is 5.13. The van der Waals surface area contributed by atoms with Crippen LogP contribution in [-0.2, 0) is 0 Å². The summed E-state index contributed by atoms with van der Waals surface area (Å²) >= 11 is 18.1. The van der Waals surface area contributed by atoms with Crippen molar-refractivity contribution < 1.29 is 4.74 Å². The SMILES string of the molecule is COc1cc(-c2ccc(Cl)cc2Cl)c(Cl)cn1. The van der Waals surface area contributed by atoms with Crippen LogP contribution in [0.15, 0.2) is 30.5 Å². The fourth-order valence-electron chi connectivity index (χ4n) is 1.45. The zero-order valence-electron chi connectivity index (χ0n) is 8.88. The molecule has 0 bridgehead atoms. The highest BCUT2D eigenvalue weighted by molar-refractivity contribution is 6.38. The summed E-state index contributed by atoms with van der Waals surface area (Å²) in [6.07, 6.45) is 1.53. The molecule has 1 heterocycles. The molecule has 2 rings (SSSR count). The Hall–Kier alpha value is -0.960. The second-order valence-corrected chi connectivity index (χ2v) is 4.58. The fraction of sp³-hybridized carbons (Fsp3) is 0.0833. The van der Waals surface area contributed by atoms with Crippen molar-refractivity contribution in [2.24, 2.45) is 0 Å². The molecule has 17 heavy (non-hydrogen) atoms. The van der Waals surface area contributed by atoms with Gasteiger partial charge in [0.1, 0.15) is 0 Å². The molecule has 1 aromatic heterocycles. The van der Waals surface area contributed by atoms with Gasteiger partial charge in [-0.15, -0.1) is 0 Å². The third-order valence-corrected chi connectivity index (χ3v) is 3.11. The number of rotatable bonds is 2. The van der Waals surface area contributed by atoms with E-state index in [9.17, 15) is 0 Å². The van der Waals surface area contributed by atoms with E-state index >= 15 is 0 Å². The zero-order chi connectivity index (χ0) is 12.4. The van der Waals surface area contributed by atoms with Crippen molar-refractivity contribution in [2.45, 2.75) is 0 Å². The third kappa shape index (κ3) is 2.65. The molecule has 1 aromatic carbocycles. The summed E-state index contributed by atoms with van der Waals surface area (Å²) in [5.41, 5.74) is 1.56. The number of benzene rings is 1. The average Bonchev–Trinajstić information content (AvgIpc) is 2.30. The molecule has 0 aliphatic heterocycles. The number of hydrogen-bond acceptors (Lipinski definition) is 2. The molecule has 0 aliphatic carbocycles. The van der Waals surface area contributed by atoms with Crippen molar-refractivity contribution in [3.05, 3.63) is 45.5 Å². The molecule has 0 N–H and O–H groups in total. The van der Waals surface area contributed by atoms with Gasteiger partial charge in [0.25, 0.3) is 0 Å². The molecule has 0 saturated carbocycles. The Labute approximate surface area is 114 Å². The number of pyridine rings is 1. The van der Waals surface area contributed by atoms with E-state index in [1.807, 2.05) is 6.07 Å². The first kappa shape index (κ1) is 12.5. The summed E-state index contributed by atoms with van der Waals surface area (Å²) < 4.78 is 5.06. The minimum atomic E-state index is 0.482. The summed E-state index contributed by atoms with van der Waals surface area (Å²) in [6, 6.07) is 6.97. The number of halogens is 3. The molecule has 0 spiro atoms. The number of aromatic nitrogens is 1. The van der Waals surface area contributed by atoms with Gasteiger partial charge in [-0.3, -0.25) is 0 Å². The number of ether oxygens (including phenoxy) is 1. The van der Waals surface area contributed by atoms with E-state index in [-0.39, 0.29) is 0 Å². The Kier molecular flexibility index (Phi) is 3.77. The predicted octanol–water partition coefficient (Wildman–Crippen LogP) is 4.72. The van der Waals surface area contributed by atoms with Gasteiger partial charge in [0.15, 0.2) is 0 Å². The van der Waals surface area contributed by atoms with E-state index < -0.39 is 0 Å². The topological polar surface area (TPSA) is 22.1 Å². The van der Waals surface area contributed by atoms with Crippen molar-refractivity contribution in [1.29, 1.82) is 0 Å². The summed E-state index contributed by atoms with van der Waals surface area (Å²) in [5.74, 6) is 0.482. The van der Waals surface area contributed by atoms with E-state index in [1.165, 1.54) is 6.20 Å². The normalized spacial score (nSPS) is 10.4. The van der Waals surface area contributed by atoms with Crippen molar-refractivity contribution in [2.75, 3.05) is 7.11 Å². The van der Waals surface area contributed by atoms with Crippen molar-refractivity contribution in [3.8, 4) is 17.0 Å². The molecular formula is C12H8Cl3NO. The molecule has 0 aliphatic rings. The summed E-state index contributed by atoms with van der Waals surface area (Å²) in [4.78, 5) is 4.01. The highest BCUT2D eigenvalue weighted by Gasteiger charge is 2.10. The maximum atomic E-state index is 6.13. The van der Waals surface area contributed by atoms with E-state index in [2.05, 4.69) is 4.98 Å². The van der Waals surface area contributed by atoms with Gasteiger partial charge in [0, 0.05) is 27.2 Å². The van der Waals surface area contributed by atoms with Crippen molar-refractivity contribution in [3.63, 3.8) is 0 Å². The molecule has 0 atom stereocenters. The second-order valence-electron chi connectivity index (χ2n) is 3.33. The van der Waals surface area contributed by atoms with E-state index in [0.29, 0.717) is 20.9 Å². The molecule has 88 valence electrons. The van der Waals surface area contributed by atoms with Crippen LogP contribution >= 0.6 is 34.8 Å². The van der Waals surface area contributed by atoms with Crippen LogP contribution in [0.2, 0.25) is 15.1 Å². The lowest BCUT2D eigenvalue weighted by atomic mass is 10.1. The Bertz CT molecular complexity index is 557. The molecule has 5 heteroatoms. The first-order valence-electron chi connectivity index (χ1n) is 4.77. The third-order valence-electron chi connectivity index (χ3n) is 2.26. The van der Waals surface area contributed by atoms with Gasteiger partial charge in [-0.05, 0) is 12.1 Å². The van der Waals surface area contributed by atoms with Gasteiger partial charge in [-0.1, -0.05) is 40.9 Å². The van der Waals surface area contributed by atoms with Crippen LogP contribution in [0.3, 0.4) is 0 Å². The van der Waals surface area contributed by atoms with Gasteiger partial charge in [-0.2, -0.15) is 0 Å². The van der Waals surface area contributed by atoms with E-state index in [4.69, 9.17) is 39.5 Å². The average molecular weight is 289 g/mol. The highest BCUT2D eigenvalue weighted by Crippen LogP contribution is 2.35. The quantitative estimate of drug-likeness (QED) is 0.798. The molecule has 2 aromatic rings. The largest absolute Gasteiger partial charge is 0.481 e.